The fourth-order valence-electron chi connectivity index (χ4n) is 1.96. The molecule has 0 radical (unpaired) electrons. The van der Waals surface area contributed by atoms with Gasteiger partial charge in [-0.2, -0.15) is 0 Å². The van der Waals surface area contributed by atoms with Crippen molar-refractivity contribution in [2.24, 2.45) is 0 Å². The van der Waals surface area contributed by atoms with E-state index in [0.717, 1.165) is 6.61 Å². The average molecular weight is 269 g/mol. The van der Waals surface area contributed by atoms with E-state index in [-0.39, 0.29) is 0 Å². The first-order valence-electron chi connectivity index (χ1n) is 5.59. The Morgan fingerprint density at radius 2 is 2.00 bits per heavy atom. The van der Waals surface area contributed by atoms with Crippen LogP contribution in [-0.4, -0.2) is 12.7 Å². The number of benzene rings is 1. The zero-order chi connectivity index (χ0) is 10.7. The summed E-state index contributed by atoms with van der Waals surface area (Å²) in [7, 11) is 0. The van der Waals surface area contributed by atoms with Crippen molar-refractivity contribution in [2.45, 2.75) is 37.1 Å². The molecule has 1 aromatic rings. The van der Waals surface area contributed by atoms with Crippen molar-refractivity contribution in [3.8, 4) is 0 Å². The lowest BCUT2D eigenvalue weighted by Crippen LogP contribution is -2.23. The lowest BCUT2D eigenvalue weighted by molar-refractivity contribution is 0.0160. The van der Waals surface area contributed by atoms with Crippen LogP contribution in [0.1, 0.15) is 35.2 Å². The molecule has 2 heteroatoms. The molecule has 1 aliphatic heterocycles. The number of alkyl halides is 1. The summed E-state index contributed by atoms with van der Waals surface area (Å²) in [6, 6.07) is 8.69. The number of halogens is 1. The summed E-state index contributed by atoms with van der Waals surface area (Å²) in [5, 5.41) is 0. The third-order valence-electron chi connectivity index (χ3n) is 2.94. The van der Waals surface area contributed by atoms with Crippen molar-refractivity contribution >= 4 is 15.9 Å². The van der Waals surface area contributed by atoms with Gasteiger partial charge in [0.05, 0.1) is 10.9 Å². The summed E-state index contributed by atoms with van der Waals surface area (Å²) in [6.07, 6.45) is 4.02. The van der Waals surface area contributed by atoms with E-state index < -0.39 is 0 Å². The van der Waals surface area contributed by atoms with E-state index in [0.29, 0.717) is 10.9 Å². The van der Waals surface area contributed by atoms with Crippen molar-refractivity contribution in [1.29, 1.82) is 0 Å². The molecule has 0 N–H and O–H groups in total. The van der Waals surface area contributed by atoms with Crippen LogP contribution in [0.25, 0.3) is 0 Å². The normalized spacial score (nSPS) is 23.7. The molecule has 1 aliphatic rings. The third-order valence-corrected chi connectivity index (χ3v) is 4.06. The van der Waals surface area contributed by atoms with Crippen LogP contribution in [0, 0.1) is 6.92 Å². The maximum atomic E-state index is 5.78. The molecule has 15 heavy (non-hydrogen) atoms. The van der Waals surface area contributed by atoms with Crippen molar-refractivity contribution in [1.82, 2.24) is 0 Å². The van der Waals surface area contributed by atoms with Crippen LogP contribution in [0.4, 0.5) is 0 Å². The number of aryl methyl sites for hydroxylation is 1. The van der Waals surface area contributed by atoms with E-state index >= 15 is 0 Å². The lowest BCUT2D eigenvalue weighted by atomic mass is 10.0. The second kappa shape index (κ2) is 5.13. The van der Waals surface area contributed by atoms with Crippen LogP contribution in [0.3, 0.4) is 0 Å². The summed E-state index contributed by atoms with van der Waals surface area (Å²) < 4.78 is 5.78. The Morgan fingerprint density at radius 1 is 1.27 bits per heavy atom. The van der Waals surface area contributed by atoms with E-state index in [2.05, 4.69) is 47.1 Å². The fraction of sp³-hybridized carbons (Fsp3) is 0.538. The summed E-state index contributed by atoms with van der Waals surface area (Å²) >= 11 is 3.75. The summed E-state index contributed by atoms with van der Waals surface area (Å²) in [5.74, 6) is 0. The molecule has 0 spiro atoms. The van der Waals surface area contributed by atoms with Crippen LogP contribution < -0.4 is 0 Å². The second-order valence-corrected chi connectivity index (χ2v) is 5.20. The van der Waals surface area contributed by atoms with Gasteiger partial charge in [0.15, 0.2) is 0 Å². The SMILES string of the molecule is Cc1ccc(C(Br)C2CCCCO2)cc1. The average Bonchev–Trinajstić information content (AvgIpc) is 2.30. The molecule has 2 atom stereocenters. The monoisotopic (exact) mass is 268 g/mol. The standard InChI is InChI=1S/C13H17BrO/c1-10-5-7-11(8-6-10)13(14)12-4-2-3-9-15-12/h5-8,12-13H,2-4,9H2,1H3. The third kappa shape index (κ3) is 2.82. The van der Waals surface area contributed by atoms with Gasteiger partial charge in [0.25, 0.3) is 0 Å². The predicted octanol–water partition coefficient (Wildman–Crippen LogP) is 4.00. The van der Waals surface area contributed by atoms with Crippen LogP contribution in [-0.2, 0) is 4.74 Å². The van der Waals surface area contributed by atoms with E-state index in [1.54, 1.807) is 0 Å². The van der Waals surface area contributed by atoms with Gasteiger partial charge in [0.2, 0.25) is 0 Å². The Labute approximate surface area is 100.0 Å². The van der Waals surface area contributed by atoms with Gasteiger partial charge in [-0.25, -0.2) is 0 Å². The Bertz CT molecular complexity index is 301. The van der Waals surface area contributed by atoms with E-state index in [1.165, 1.54) is 30.4 Å². The Kier molecular flexibility index (Phi) is 3.81. The molecule has 0 bridgehead atoms. The number of ether oxygens (including phenoxy) is 1. The minimum atomic E-state index is 0.346. The molecule has 1 fully saturated rings. The first-order chi connectivity index (χ1) is 7.27. The molecule has 0 aliphatic carbocycles. The molecule has 82 valence electrons. The number of hydrogen-bond donors (Lipinski definition) is 0. The molecular formula is C13H17BrO. The van der Waals surface area contributed by atoms with Gasteiger partial charge in [-0.3, -0.25) is 0 Å². The van der Waals surface area contributed by atoms with Crippen LogP contribution in [0.15, 0.2) is 24.3 Å². The summed E-state index contributed by atoms with van der Waals surface area (Å²) in [5.41, 5.74) is 2.63. The maximum Gasteiger partial charge on any atom is 0.0740 e. The zero-order valence-electron chi connectivity index (χ0n) is 9.08. The van der Waals surface area contributed by atoms with Crippen molar-refractivity contribution < 1.29 is 4.74 Å². The molecule has 1 nitrogen and oxygen atoms in total. The first-order valence-corrected chi connectivity index (χ1v) is 6.51. The quantitative estimate of drug-likeness (QED) is 0.737. The highest BCUT2D eigenvalue weighted by Crippen LogP contribution is 2.33. The molecule has 0 aromatic heterocycles. The lowest BCUT2D eigenvalue weighted by Gasteiger charge is -2.27. The first kappa shape index (κ1) is 11.2. The minimum Gasteiger partial charge on any atom is -0.377 e. The highest BCUT2D eigenvalue weighted by Gasteiger charge is 2.23. The largest absolute Gasteiger partial charge is 0.377 e. The molecule has 1 heterocycles. The molecule has 2 rings (SSSR count). The Hall–Kier alpha value is -0.340. The second-order valence-electron chi connectivity index (χ2n) is 4.22. The van der Waals surface area contributed by atoms with Gasteiger partial charge < -0.3 is 4.74 Å². The van der Waals surface area contributed by atoms with Gasteiger partial charge in [0, 0.05) is 6.61 Å². The predicted molar refractivity (Wildman–Crippen MR) is 66.4 cm³/mol. The van der Waals surface area contributed by atoms with Gasteiger partial charge in [0.1, 0.15) is 0 Å². The van der Waals surface area contributed by atoms with Gasteiger partial charge in [-0.05, 0) is 31.7 Å². The Balaban J connectivity index is 2.05. The summed E-state index contributed by atoms with van der Waals surface area (Å²) in [4.78, 5) is 0.346. The van der Waals surface area contributed by atoms with Crippen molar-refractivity contribution in [3.05, 3.63) is 35.4 Å². The summed E-state index contributed by atoms with van der Waals surface area (Å²) in [6.45, 7) is 3.03. The molecule has 2 unspecified atom stereocenters. The van der Waals surface area contributed by atoms with Gasteiger partial charge in [-0.1, -0.05) is 45.8 Å². The molecule has 1 saturated heterocycles. The van der Waals surface area contributed by atoms with Crippen LogP contribution in [0.2, 0.25) is 0 Å². The zero-order valence-corrected chi connectivity index (χ0v) is 10.7. The minimum absolute atomic E-state index is 0.346. The van der Waals surface area contributed by atoms with Crippen molar-refractivity contribution in [2.75, 3.05) is 6.61 Å². The number of rotatable bonds is 2. The van der Waals surface area contributed by atoms with Gasteiger partial charge >= 0.3 is 0 Å². The van der Waals surface area contributed by atoms with Crippen LogP contribution in [0.5, 0.6) is 0 Å². The molecular weight excluding hydrogens is 252 g/mol. The van der Waals surface area contributed by atoms with Crippen molar-refractivity contribution in [3.63, 3.8) is 0 Å². The van der Waals surface area contributed by atoms with E-state index in [4.69, 9.17) is 4.74 Å². The van der Waals surface area contributed by atoms with E-state index in [1.807, 2.05) is 0 Å². The molecule has 1 aromatic carbocycles. The highest BCUT2D eigenvalue weighted by atomic mass is 79.9. The fourth-order valence-corrected chi connectivity index (χ4v) is 2.68. The number of hydrogen-bond acceptors (Lipinski definition) is 1. The topological polar surface area (TPSA) is 9.23 Å². The molecule has 0 amide bonds. The van der Waals surface area contributed by atoms with Gasteiger partial charge in [-0.15, -0.1) is 0 Å². The molecule has 0 saturated carbocycles. The maximum absolute atomic E-state index is 5.78. The van der Waals surface area contributed by atoms with E-state index in [9.17, 15) is 0 Å². The smallest absolute Gasteiger partial charge is 0.0740 e. The Morgan fingerprint density at radius 3 is 2.60 bits per heavy atom. The highest BCUT2D eigenvalue weighted by molar-refractivity contribution is 9.09. The van der Waals surface area contributed by atoms with Crippen LogP contribution >= 0.6 is 15.9 Å².